The van der Waals surface area contributed by atoms with Crippen LogP contribution >= 0.6 is 0 Å². The van der Waals surface area contributed by atoms with Gasteiger partial charge in [-0.25, -0.2) is 4.39 Å². The van der Waals surface area contributed by atoms with Crippen molar-refractivity contribution in [3.8, 4) is 11.5 Å². The van der Waals surface area contributed by atoms with Gasteiger partial charge in [-0.3, -0.25) is 9.78 Å². The van der Waals surface area contributed by atoms with E-state index in [1.165, 1.54) is 29.3 Å². The van der Waals surface area contributed by atoms with Crippen LogP contribution in [0.4, 0.5) is 10.1 Å². The van der Waals surface area contributed by atoms with Crippen molar-refractivity contribution in [1.82, 2.24) is 9.88 Å². The van der Waals surface area contributed by atoms with E-state index in [4.69, 9.17) is 10.5 Å². The molecule has 5 nitrogen and oxygen atoms in total. The fourth-order valence-electron chi connectivity index (χ4n) is 1.70. The average Bonchev–Trinajstić information content (AvgIpc) is 2.44. The molecule has 0 saturated heterocycles. The lowest BCUT2D eigenvalue weighted by atomic mass is 10.2. The maximum atomic E-state index is 13.8. The first kappa shape index (κ1) is 14.8. The molecule has 0 bridgehead atoms. The minimum atomic E-state index is -0.560. The number of carbonyl (C=O) groups excluding carboxylic acids is 1. The molecule has 1 amide bonds. The Morgan fingerprint density at radius 2 is 2.05 bits per heavy atom. The summed E-state index contributed by atoms with van der Waals surface area (Å²) in [5.74, 6) is -0.431. The van der Waals surface area contributed by atoms with E-state index in [1.807, 2.05) is 0 Å². The molecule has 110 valence electrons. The van der Waals surface area contributed by atoms with E-state index < -0.39 is 5.82 Å². The molecule has 2 aromatic rings. The molecule has 0 spiro atoms. The summed E-state index contributed by atoms with van der Waals surface area (Å²) >= 11 is 0. The summed E-state index contributed by atoms with van der Waals surface area (Å²) in [6, 6.07) is 5.74. The number of hydrogen-bond donors (Lipinski definition) is 1. The van der Waals surface area contributed by atoms with Gasteiger partial charge in [0.25, 0.3) is 5.91 Å². The first-order valence-corrected chi connectivity index (χ1v) is 6.29. The first-order chi connectivity index (χ1) is 9.88. The summed E-state index contributed by atoms with van der Waals surface area (Å²) in [4.78, 5) is 17.2. The quantitative estimate of drug-likeness (QED) is 0.882. The molecule has 6 heteroatoms. The molecule has 1 heterocycles. The lowest BCUT2D eigenvalue weighted by Crippen LogP contribution is -2.22. The molecule has 2 N–H and O–H groups in total. The SMILES string of the molecule is Cc1cc(Oc2ccnc(C(=O)N(C)C)c2)c(F)cc1N. The third-order valence-corrected chi connectivity index (χ3v) is 2.91. The Balaban J connectivity index is 2.30. The Labute approximate surface area is 122 Å². The number of rotatable bonds is 3. The smallest absolute Gasteiger partial charge is 0.272 e. The van der Waals surface area contributed by atoms with Crippen LogP contribution < -0.4 is 10.5 Å². The number of nitrogen functional groups attached to an aromatic ring is 1. The summed E-state index contributed by atoms with van der Waals surface area (Å²) < 4.78 is 19.3. The van der Waals surface area contributed by atoms with Gasteiger partial charge in [0.15, 0.2) is 11.6 Å². The molecule has 0 fully saturated rings. The number of nitrogens with two attached hydrogens (primary N) is 1. The number of pyridine rings is 1. The van der Waals surface area contributed by atoms with Crippen LogP contribution in [0.2, 0.25) is 0 Å². The summed E-state index contributed by atoms with van der Waals surface area (Å²) in [5.41, 5.74) is 6.92. The van der Waals surface area contributed by atoms with Crippen LogP contribution in [0.3, 0.4) is 0 Å². The van der Waals surface area contributed by atoms with Gasteiger partial charge in [-0.15, -0.1) is 0 Å². The van der Waals surface area contributed by atoms with Crippen LogP contribution in [0.15, 0.2) is 30.5 Å². The van der Waals surface area contributed by atoms with Gasteiger partial charge in [-0.2, -0.15) is 0 Å². The lowest BCUT2D eigenvalue weighted by Gasteiger charge is -2.12. The van der Waals surface area contributed by atoms with Gasteiger partial charge in [0, 0.05) is 38.1 Å². The van der Waals surface area contributed by atoms with Crippen molar-refractivity contribution < 1.29 is 13.9 Å². The van der Waals surface area contributed by atoms with Crippen LogP contribution in [0.5, 0.6) is 11.5 Å². The van der Waals surface area contributed by atoms with Crippen molar-refractivity contribution in [1.29, 1.82) is 0 Å². The molecule has 1 aromatic heterocycles. The molecule has 0 radical (unpaired) electrons. The number of ether oxygens (including phenoxy) is 1. The normalized spacial score (nSPS) is 10.3. The van der Waals surface area contributed by atoms with Gasteiger partial charge in [0.05, 0.1) is 0 Å². The van der Waals surface area contributed by atoms with Gasteiger partial charge in [0.1, 0.15) is 11.4 Å². The number of aromatic nitrogens is 1. The standard InChI is InChI=1S/C15H16FN3O2/c1-9-6-14(11(16)8-12(9)17)21-10-4-5-18-13(7-10)15(20)19(2)3/h4-8H,17H2,1-3H3. The zero-order valence-electron chi connectivity index (χ0n) is 12.1. The van der Waals surface area contributed by atoms with Gasteiger partial charge >= 0.3 is 0 Å². The van der Waals surface area contributed by atoms with Crippen molar-refractivity contribution in [2.24, 2.45) is 0 Å². The van der Waals surface area contributed by atoms with Crippen LogP contribution in [0, 0.1) is 12.7 Å². The molecule has 2 rings (SSSR count). The van der Waals surface area contributed by atoms with E-state index in [9.17, 15) is 9.18 Å². The predicted molar refractivity (Wildman–Crippen MR) is 77.9 cm³/mol. The summed E-state index contributed by atoms with van der Waals surface area (Å²) in [6.07, 6.45) is 1.44. The molecule has 0 atom stereocenters. The van der Waals surface area contributed by atoms with E-state index in [2.05, 4.69) is 4.98 Å². The van der Waals surface area contributed by atoms with Crippen LogP contribution in [-0.2, 0) is 0 Å². The Bertz CT molecular complexity index is 687. The van der Waals surface area contributed by atoms with Gasteiger partial charge < -0.3 is 15.4 Å². The highest BCUT2D eigenvalue weighted by Crippen LogP contribution is 2.28. The molecule has 21 heavy (non-hydrogen) atoms. The molecule has 1 aromatic carbocycles. The summed E-state index contributed by atoms with van der Waals surface area (Å²) in [5, 5.41) is 0. The van der Waals surface area contributed by atoms with E-state index >= 15 is 0 Å². The van der Waals surface area contributed by atoms with Crippen LogP contribution in [0.1, 0.15) is 16.1 Å². The molecular weight excluding hydrogens is 273 g/mol. The molecule has 0 aliphatic rings. The zero-order chi connectivity index (χ0) is 15.6. The number of aryl methyl sites for hydroxylation is 1. The largest absolute Gasteiger partial charge is 0.454 e. The molecule has 0 aliphatic heterocycles. The number of halogens is 1. The van der Waals surface area contributed by atoms with Crippen LogP contribution in [0.25, 0.3) is 0 Å². The van der Waals surface area contributed by atoms with E-state index in [1.54, 1.807) is 27.1 Å². The highest BCUT2D eigenvalue weighted by Gasteiger charge is 2.12. The van der Waals surface area contributed by atoms with E-state index in [-0.39, 0.29) is 17.4 Å². The summed E-state index contributed by atoms with van der Waals surface area (Å²) in [6.45, 7) is 1.76. The van der Waals surface area contributed by atoms with Crippen LogP contribution in [-0.4, -0.2) is 29.9 Å². The monoisotopic (exact) mass is 289 g/mol. The van der Waals surface area contributed by atoms with Crippen molar-refractivity contribution in [3.63, 3.8) is 0 Å². The van der Waals surface area contributed by atoms with Crippen molar-refractivity contribution in [2.75, 3.05) is 19.8 Å². The average molecular weight is 289 g/mol. The number of nitrogens with zero attached hydrogens (tertiary/aromatic N) is 2. The zero-order valence-corrected chi connectivity index (χ0v) is 12.1. The van der Waals surface area contributed by atoms with E-state index in [0.29, 0.717) is 17.0 Å². The minimum Gasteiger partial charge on any atom is -0.454 e. The van der Waals surface area contributed by atoms with Crippen molar-refractivity contribution >= 4 is 11.6 Å². The molecule has 0 aliphatic carbocycles. The Kier molecular flexibility index (Phi) is 4.07. The number of amides is 1. The topological polar surface area (TPSA) is 68.5 Å². The molecule has 0 unspecified atom stereocenters. The second-order valence-electron chi connectivity index (χ2n) is 4.82. The number of hydrogen-bond acceptors (Lipinski definition) is 4. The maximum Gasteiger partial charge on any atom is 0.272 e. The maximum absolute atomic E-state index is 13.8. The van der Waals surface area contributed by atoms with E-state index in [0.717, 1.165) is 0 Å². The second kappa shape index (κ2) is 5.78. The predicted octanol–water partition coefficient (Wildman–Crippen LogP) is 2.61. The van der Waals surface area contributed by atoms with Gasteiger partial charge in [-0.05, 0) is 24.6 Å². The van der Waals surface area contributed by atoms with Gasteiger partial charge in [0.2, 0.25) is 0 Å². The number of carbonyl (C=O) groups is 1. The summed E-state index contributed by atoms with van der Waals surface area (Å²) in [7, 11) is 3.25. The Morgan fingerprint density at radius 1 is 1.33 bits per heavy atom. The fraction of sp³-hybridized carbons (Fsp3) is 0.200. The van der Waals surface area contributed by atoms with Crippen molar-refractivity contribution in [3.05, 3.63) is 47.5 Å². The fourth-order valence-corrected chi connectivity index (χ4v) is 1.70. The van der Waals surface area contributed by atoms with Crippen molar-refractivity contribution in [2.45, 2.75) is 6.92 Å². The minimum absolute atomic E-state index is 0.0520. The highest BCUT2D eigenvalue weighted by molar-refractivity contribution is 5.92. The first-order valence-electron chi connectivity index (χ1n) is 6.29. The second-order valence-corrected chi connectivity index (χ2v) is 4.82. The third-order valence-electron chi connectivity index (χ3n) is 2.91. The lowest BCUT2D eigenvalue weighted by molar-refractivity contribution is 0.0821. The number of benzene rings is 1. The molecular formula is C15H16FN3O2. The molecule has 0 saturated carbocycles. The Morgan fingerprint density at radius 3 is 2.71 bits per heavy atom. The highest BCUT2D eigenvalue weighted by atomic mass is 19.1. The number of anilines is 1. The van der Waals surface area contributed by atoms with Gasteiger partial charge in [-0.1, -0.05) is 0 Å². The third kappa shape index (κ3) is 3.28. The Hall–Kier alpha value is -2.63.